The summed E-state index contributed by atoms with van der Waals surface area (Å²) in [6.07, 6.45) is 1.80. The fourth-order valence-corrected chi connectivity index (χ4v) is 1.42. The molecule has 2 aromatic heterocycles. The number of nitrogen functional groups attached to an aromatic ring is 1. The average molecular weight is 213 g/mol. The number of nitrogens with zero attached hydrogens (tertiary/aromatic N) is 2. The van der Waals surface area contributed by atoms with E-state index < -0.39 is 0 Å². The van der Waals surface area contributed by atoms with Crippen molar-refractivity contribution >= 4 is 32.9 Å². The van der Waals surface area contributed by atoms with E-state index in [9.17, 15) is 0 Å². The quantitative estimate of drug-likeness (QED) is 0.648. The summed E-state index contributed by atoms with van der Waals surface area (Å²) in [5, 5.41) is 0.944. The molecule has 0 aromatic carbocycles. The van der Waals surface area contributed by atoms with Crippen LogP contribution in [0.3, 0.4) is 0 Å². The molecule has 2 heterocycles. The lowest BCUT2D eigenvalue weighted by molar-refractivity contribution is 1.19. The van der Waals surface area contributed by atoms with Gasteiger partial charge in [0.25, 0.3) is 0 Å². The molecule has 0 aliphatic carbocycles. The van der Waals surface area contributed by atoms with Crippen molar-refractivity contribution in [3.05, 3.63) is 16.9 Å². The molecule has 11 heavy (non-hydrogen) atoms. The van der Waals surface area contributed by atoms with Crippen LogP contribution in [0.1, 0.15) is 0 Å². The Hall–Kier alpha value is -1.10. The van der Waals surface area contributed by atoms with E-state index in [-0.39, 0.29) is 5.95 Å². The van der Waals surface area contributed by atoms with Crippen molar-refractivity contribution in [2.45, 2.75) is 0 Å². The Bertz CT molecular complexity index is 394. The number of aromatic nitrogens is 3. The molecule has 4 nitrogen and oxygen atoms in total. The third-order valence-corrected chi connectivity index (χ3v) is 1.99. The number of nitrogens with two attached hydrogens (primary N) is 1. The molecule has 5 heteroatoms. The summed E-state index contributed by atoms with van der Waals surface area (Å²) in [6.45, 7) is 0. The van der Waals surface area contributed by atoms with Crippen molar-refractivity contribution in [2.75, 3.05) is 5.73 Å². The number of H-pyrrole nitrogens is 1. The second-order valence-electron chi connectivity index (χ2n) is 2.11. The Morgan fingerprint density at radius 3 is 3.09 bits per heavy atom. The minimum Gasteiger partial charge on any atom is -0.368 e. The van der Waals surface area contributed by atoms with Crippen LogP contribution in [0.5, 0.6) is 0 Å². The van der Waals surface area contributed by atoms with Crippen molar-refractivity contribution < 1.29 is 0 Å². The summed E-state index contributed by atoms with van der Waals surface area (Å²) >= 11 is 3.28. The van der Waals surface area contributed by atoms with Crippen molar-refractivity contribution in [1.29, 1.82) is 0 Å². The summed E-state index contributed by atoms with van der Waals surface area (Å²) < 4.78 is 0.723. The SMILES string of the molecule is Nc1nc(Br)c2cc[nH]c2n1. The van der Waals surface area contributed by atoms with E-state index >= 15 is 0 Å². The van der Waals surface area contributed by atoms with E-state index in [1.54, 1.807) is 6.20 Å². The molecule has 0 saturated heterocycles. The molecule has 0 spiro atoms. The molecule has 0 bridgehead atoms. The number of hydrogen-bond acceptors (Lipinski definition) is 3. The Labute approximate surface area is 71.0 Å². The number of aromatic amines is 1. The van der Waals surface area contributed by atoms with Crippen LogP contribution in [0.2, 0.25) is 0 Å². The van der Waals surface area contributed by atoms with Crippen molar-refractivity contribution in [2.24, 2.45) is 0 Å². The van der Waals surface area contributed by atoms with Gasteiger partial charge in [0.1, 0.15) is 10.3 Å². The molecule has 3 N–H and O–H groups in total. The molecule has 0 saturated carbocycles. The second-order valence-corrected chi connectivity index (χ2v) is 2.86. The lowest BCUT2D eigenvalue weighted by atomic mass is 10.4. The first-order chi connectivity index (χ1) is 5.27. The Balaban J connectivity index is 2.91. The van der Waals surface area contributed by atoms with Gasteiger partial charge in [-0.2, -0.15) is 4.98 Å². The van der Waals surface area contributed by atoms with Gasteiger partial charge < -0.3 is 10.7 Å². The summed E-state index contributed by atoms with van der Waals surface area (Å²) in [5.74, 6) is 0.270. The van der Waals surface area contributed by atoms with Crippen molar-refractivity contribution in [3.63, 3.8) is 0 Å². The molecular formula is C6H5BrN4. The standard InChI is InChI=1S/C6H5BrN4/c7-4-3-1-2-9-5(3)11-6(8)10-4/h1-2H,(H3,8,9,10,11). The summed E-state index contributed by atoms with van der Waals surface area (Å²) in [7, 11) is 0. The molecule has 56 valence electrons. The number of hydrogen-bond donors (Lipinski definition) is 2. The molecule has 0 aliphatic rings. The van der Waals surface area contributed by atoms with Crippen LogP contribution < -0.4 is 5.73 Å². The third kappa shape index (κ3) is 0.970. The normalized spacial score (nSPS) is 10.6. The molecule has 0 unspecified atom stereocenters. The minimum atomic E-state index is 0.270. The molecule has 2 aromatic rings. The number of nitrogens with one attached hydrogen (secondary N) is 1. The minimum absolute atomic E-state index is 0.270. The van der Waals surface area contributed by atoms with Gasteiger partial charge in [-0.3, -0.25) is 0 Å². The van der Waals surface area contributed by atoms with Gasteiger partial charge in [-0.1, -0.05) is 0 Å². The van der Waals surface area contributed by atoms with Gasteiger partial charge in [-0.15, -0.1) is 0 Å². The maximum atomic E-state index is 5.41. The zero-order valence-corrected chi connectivity index (χ0v) is 7.09. The zero-order valence-electron chi connectivity index (χ0n) is 5.50. The highest BCUT2D eigenvalue weighted by molar-refractivity contribution is 9.10. The summed E-state index contributed by atoms with van der Waals surface area (Å²) in [5.41, 5.74) is 6.17. The van der Waals surface area contributed by atoms with Crippen LogP contribution in [-0.2, 0) is 0 Å². The third-order valence-electron chi connectivity index (χ3n) is 1.39. The van der Waals surface area contributed by atoms with E-state index in [2.05, 4.69) is 30.9 Å². The predicted octanol–water partition coefficient (Wildman–Crippen LogP) is 1.30. The van der Waals surface area contributed by atoms with Gasteiger partial charge in [-0.25, -0.2) is 4.98 Å². The molecular weight excluding hydrogens is 208 g/mol. The highest BCUT2D eigenvalue weighted by Crippen LogP contribution is 2.19. The first kappa shape index (κ1) is 6.60. The van der Waals surface area contributed by atoms with Crippen LogP contribution in [0, 0.1) is 0 Å². The first-order valence-electron chi connectivity index (χ1n) is 3.03. The van der Waals surface area contributed by atoms with E-state index in [1.165, 1.54) is 0 Å². The number of fused-ring (bicyclic) bond motifs is 1. The lowest BCUT2D eigenvalue weighted by Crippen LogP contribution is -1.94. The number of anilines is 1. The molecule has 0 amide bonds. The van der Waals surface area contributed by atoms with E-state index in [0.29, 0.717) is 0 Å². The van der Waals surface area contributed by atoms with E-state index in [4.69, 9.17) is 5.73 Å². The fraction of sp³-hybridized carbons (Fsp3) is 0. The highest BCUT2D eigenvalue weighted by atomic mass is 79.9. The predicted molar refractivity (Wildman–Crippen MR) is 46.0 cm³/mol. The van der Waals surface area contributed by atoms with Crippen LogP contribution in [0.4, 0.5) is 5.95 Å². The topological polar surface area (TPSA) is 67.6 Å². The second kappa shape index (κ2) is 2.20. The maximum absolute atomic E-state index is 5.41. The first-order valence-corrected chi connectivity index (χ1v) is 3.83. The lowest BCUT2D eigenvalue weighted by Gasteiger charge is -1.93. The fourth-order valence-electron chi connectivity index (χ4n) is 0.920. The number of rotatable bonds is 0. The van der Waals surface area contributed by atoms with Gasteiger partial charge in [0.15, 0.2) is 0 Å². The molecule has 0 fully saturated rings. The Morgan fingerprint density at radius 1 is 1.45 bits per heavy atom. The monoisotopic (exact) mass is 212 g/mol. The van der Waals surface area contributed by atoms with Crippen LogP contribution in [0.15, 0.2) is 16.9 Å². The number of halogens is 1. The van der Waals surface area contributed by atoms with Crippen LogP contribution >= 0.6 is 15.9 Å². The smallest absolute Gasteiger partial charge is 0.223 e. The molecule has 0 atom stereocenters. The van der Waals surface area contributed by atoms with E-state index in [1.807, 2.05) is 6.07 Å². The highest BCUT2D eigenvalue weighted by Gasteiger charge is 2.02. The van der Waals surface area contributed by atoms with Gasteiger partial charge in [0.05, 0.1) is 5.39 Å². The Kier molecular flexibility index (Phi) is 1.32. The summed E-state index contributed by atoms with van der Waals surface area (Å²) in [4.78, 5) is 10.9. The van der Waals surface area contributed by atoms with Gasteiger partial charge in [-0.05, 0) is 22.0 Å². The Morgan fingerprint density at radius 2 is 2.27 bits per heavy atom. The largest absolute Gasteiger partial charge is 0.368 e. The van der Waals surface area contributed by atoms with Crippen molar-refractivity contribution in [3.8, 4) is 0 Å². The van der Waals surface area contributed by atoms with Crippen LogP contribution in [0.25, 0.3) is 11.0 Å². The molecule has 0 aliphatic heterocycles. The molecule has 2 rings (SSSR count). The van der Waals surface area contributed by atoms with E-state index in [0.717, 1.165) is 15.6 Å². The van der Waals surface area contributed by atoms with Crippen molar-refractivity contribution in [1.82, 2.24) is 15.0 Å². The van der Waals surface area contributed by atoms with Crippen LogP contribution in [-0.4, -0.2) is 15.0 Å². The van der Waals surface area contributed by atoms with Gasteiger partial charge >= 0.3 is 0 Å². The maximum Gasteiger partial charge on any atom is 0.223 e. The zero-order chi connectivity index (χ0) is 7.84. The van der Waals surface area contributed by atoms with Gasteiger partial charge in [0, 0.05) is 6.20 Å². The van der Waals surface area contributed by atoms with Gasteiger partial charge in [0.2, 0.25) is 5.95 Å². The molecule has 0 radical (unpaired) electrons. The summed E-state index contributed by atoms with van der Waals surface area (Å²) in [6, 6.07) is 1.89. The average Bonchev–Trinajstić information content (AvgIpc) is 2.34.